The lowest BCUT2D eigenvalue weighted by Crippen LogP contribution is -2.58. The van der Waals surface area contributed by atoms with Crippen molar-refractivity contribution in [1.82, 2.24) is 16.0 Å². The predicted molar refractivity (Wildman–Crippen MR) is 75.6 cm³/mol. The second-order valence-corrected chi connectivity index (χ2v) is 4.54. The molecule has 0 rings (SSSR count). The first kappa shape index (κ1) is 17.4. The van der Waals surface area contributed by atoms with Crippen LogP contribution in [0.25, 0.3) is 0 Å². The van der Waals surface area contributed by atoms with Gasteiger partial charge in [-0.1, -0.05) is 13.8 Å². The normalized spacial score (nSPS) is 18.7. The van der Waals surface area contributed by atoms with E-state index in [1.165, 1.54) is 0 Å². The van der Waals surface area contributed by atoms with Gasteiger partial charge in [0.25, 0.3) is 0 Å². The molecule has 3 nitrogen and oxygen atoms in total. The number of likely N-dealkylation sites (N-methyl/N-ethyl adjacent to an activating group) is 2. The third-order valence-corrected chi connectivity index (χ3v) is 3.34. The van der Waals surface area contributed by atoms with E-state index in [-0.39, 0.29) is 24.6 Å². The Morgan fingerprint density at radius 1 is 0.882 bits per heavy atom. The lowest BCUT2D eigenvalue weighted by atomic mass is 10.2. The van der Waals surface area contributed by atoms with Crippen molar-refractivity contribution in [2.75, 3.05) is 37.7 Å². The molecular formula is C10H23F2N3S2. The molecule has 0 saturated carbocycles. The van der Waals surface area contributed by atoms with Crippen LogP contribution >= 0.6 is 25.3 Å². The van der Waals surface area contributed by atoms with Crippen molar-refractivity contribution in [3.05, 3.63) is 0 Å². The zero-order valence-corrected chi connectivity index (χ0v) is 12.2. The Labute approximate surface area is 113 Å². The average molecular weight is 287 g/mol. The standard InChI is InChI=1S/C10H23F2N3S2/c1-3-13-5-9(11,7-16)15-6-10(12,8-17)14-4-2/h13-17H,3-8H2,1-2H3/t9-,10+/m1/s1. The van der Waals surface area contributed by atoms with E-state index < -0.39 is 11.6 Å². The van der Waals surface area contributed by atoms with Gasteiger partial charge in [0.15, 0.2) is 11.6 Å². The highest BCUT2D eigenvalue weighted by Gasteiger charge is 2.33. The molecule has 17 heavy (non-hydrogen) atoms. The lowest BCUT2D eigenvalue weighted by molar-refractivity contribution is 0.0822. The second-order valence-electron chi connectivity index (χ2n) is 3.91. The molecule has 7 heteroatoms. The summed E-state index contributed by atoms with van der Waals surface area (Å²) in [4.78, 5) is 0. The zero-order chi connectivity index (χ0) is 13.4. The number of alkyl halides is 2. The molecule has 0 bridgehead atoms. The molecule has 0 aromatic heterocycles. The van der Waals surface area contributed by atoms with Gasteiger partial charge in [-0.2, -0.15) is 25.3 Å². The van der Waals surface area contributed by atoms with Crippen LogP contribution in [0.15, 0.2) is 0 Å². The maximum atomic E-state index is 14.1. The molecule has 0 aliphatic carbocycles. The molecule has 0 aliphatic rings. The van der Waals surface area contributed by atoms with Crippen molar-refractivity contribution in [3.63, 3.8) is 0 Å². The summed E-state index contributed by atoms with van der Waals surface area (Å²) in [5.74, 6) is -3.45. The smallest absolute Gasteiger partial charge is 0.183 e. The van der Waals surface area contributed by atoms with Crippen molar-refractivity contribution >= 4 is 25.3 Å². The molecule has 0 unspecified atom stereocenters. The molecule has 2 atom stereocenters. The predicted octanol–water partition coefficient (Wildman–Crippen LogP) is 0.986. The topological polar surface area (TPSA) is 36.1 Å². The van der Waals surface area contributed by atoms with Gasteiger partial charge in [-0.15, -0.1) is 0 Å². The van der Waals surface area contributed by atoms with E-state index >= 15 is 0 Å². The molecular weight excluding hydrogens is 264 g/mol. The Hall–Kier alpha value is 0.440. The van der Waals surface area contributed by atoms with Crippen LogP contribution in [-0.4, -0.2) is 49.3 Å². The lowest BCUT2D eigenvalue weighted by Gasteiger charge is -2.31. The molecule has 0 amide bonds. The van der Waals surface area contributed by atoms with Crippen LogP contribution in [0.2, 0.25) is 0 Å². The summed E-state index contributed by atoms with van der Waals surface area (Å²) in [7, 11) is 0. The van der Waals surface area contributed by atoms with Crippen LogP contribution in [-0.2, 0) is 0 Å². The summed E-state index contributed by atoms with van der Waals surface area (Å²) in [5.41, 5.74) is 0. The highest BCUT2D eigenvalue weighted by molar-refractivity contribution is 7.80. The van der Waals surface area contributed by atoms with E-state index in [4.69, 9.17) is 0 Å². The molecule has 0 saturated heterocycles. The summed E-state index contributed by atoms with van der Waals surface area (Å²) >= 11 is 7.88. The highest BCUT2D eigenvalue weighted by Crippen LogP contribution is 2.13. The third kappa shape index (κ3) is 6.81. The molecule has 0 heterocycles. The van der Waals surface area contributed by atoms with Gasteiger partial charge < -0.3 is 5.32 Å². The van der Waals surface area contributed by atoms with E-state index in [1.807, 2.05) is 6.92 Å². The summed E-state index contributed by atoms with van der Waals surface area (Å²) < 4.78 is 28.2. The number of rotatable bonds is 10. The quantitative estimate of drug-likeness (QED) is 0.307. The molecule has 3 N–H and O–H groups in total. The van der Waals surface area contributed by atoms with Crippen molar-refractivity contribution < 1.29 is 8.78 Å². The molecule has 0 aromatic carbocycles. The van der Waals surface area contributed by atoms with Gasteiger partial charge in [-0.05, 0) is 13.1 Å². The van der Waals surface area contributed by atoms with Crippen LogP contribution in [0.1, 0.15) is 13.8 Å². The molecule has 104 valence electrons. The fourth-order valence-electron chi connectivity index (χ4n) is 1.29. The fourth-order valence-corrected chi connectivity index (χ4v) is 1.73. The first-order chi connectivity index (χ1) is 7.95. The van der Waals surface area contributed by atoms with Gasteiger partial charge in [0.05, 0.1) is 0 Å². The Balaban J connectivity index is 4.27. The number of halogens is 2. The van der Waals surface area contributed by atoms with Crippen molar-refractivity contribution in [2.45, 2.75) is 25.4 Å². The van der Waals surface area contributed by atoms with E-state index in [9.17, 15) is 8.78 Å². The van der Waals surface area contributed by atoms with Crippen LogP contribution in [0, 0.1) is 0 Å². The zero-order valence-electron chi connectivity index (χ0n) is 10.4. The Morgan fingerprint density at radius 3 is 1.82 bits per heavy atom. The number of hydrogen-bond acceptors (Lipinski definition) is 5. The Kier molecular flexibility index (Phi) is 8.75. The molecule has 0 aromatic rings. The second kappa shape index (κ2) is 8.53. The minimum atomic E-state index is -1.71. The van der Waals surface area contributed by atoms with Gasteiger partial charge in [0.2, 0.25) is 0 Å². The number of thiol groups is 2. The summed E-state index contributed by atoms with van der Waals surface area (Å²) in [5, 5.41) is 8.09. The number of hydrogen-bond donors (Lipinski definition) is 5. The maximum Gasteiger partial charge on any atom is 0.183 e. The minimum absolute atomic E-state index is 0.0162. The van der Waals surface area contributed by atoms with E-state index in [1.54, 1.807) is 6.92 Å². The van der Waals surface area contributed by atoms with Crippen LogP contribution in [0.5, 0.6) is 0 Å². The average Bonchev–Trinajstić information content (AvgIpc) is 2.34. The minimum Gasteiger partial charge on any atom is -0.313 e. The largest absolute Gasteiger partial charge is 0.313 e. The van der Waals surface area contributed by atoms with Gasteiger partial charge in [-0.3, -0.25) is 10.6 Å². The van der Waals surface area contributed by atoms with Crippen molar-refractivity contribution in [3.8, 4) is 0 Å². The summed E-state index contributed by atoms with van der Waals surface area (Å²) in [6.45, 7) is 4.74. The Morgan fingerprint density at radius 2 is 1.41 bits per heavy atom. The molecule has 0 radical (unpaired) electrons. The molecule has 0 spiro atoms. The van der Waals surface area contributed by atoms with Crippen molar-refractivity contribution in [1.29, 1.82) is 0 Å². The third-order valence-electron chi connectivity index (χ3n) is 2.34. The van der Waals surface area contributed by atoms with Crippen molar-refractivity contribution in [2.24, 2.45) is 0 Å². The number of nitrogens with one attached hydrogen (secondary N) is 3. The first-order valence-electron chi connectivity index (χ1n) is 5.75. The van der Waals surface area contributed by atoms with Gasteiger partial charge in [-0.25, -0.2) is 8.78 Å². The summed E-state index contributed by atoms with van der Waals surface area (Å²) in [6, 6.07) is 0. The fraction of sp³-hybridized carbons (Fsp3) is 1.00. The molecule has 0 aliphatic heterocycles. The highest BCUT2D eigenvalue weighted by atomic mass is 32.1. The van der Waals surface area contributed by atoms with E-state index in [0.717, 1.165) is 0 Å². The molecule has 0 fully saturated rings. The summed E-state index contributed by atoms with van der Waals surface area (Å²) in [6.07, 6.45) is 0. The van der Waals surface area contributed by atoms with Crippen LogP contribution < -0.4 is 16.0 Å². The van der Waals surface area contributed by atoms with Gasteiger partial charge in [0, 0.05) is 24.6 Å². The maximum absolute atomic E-state index is 14.1. The van der Waals surface area contributed by atoms with E-state index in [0.29, 0.717) is 13.1 Å². The van der Waals surface area contributed by atoms with Gasteiger partial charge >= 0.3 is 0 Å². The SMILES string of the molecule is CCNC[C@](F)(CS)NC[C@@](F)(CS)NCC. The van der Waals surface area contributed by atoms with Gasteiger partial charge in [0.1, 0.15) is 0 Å². The monoisotopic (exact) mass is 287 g/mol. The van der Waals surface area contributed by atoms with Crippen LogP contribution in [0.3, 0.4) is 0 Å². The van der Waals surface area contributed by atoms with E-state index in [2.05, 4.69) is 41.2 Å². The van der Waals surface area contributed by atoms with Crippen LogP contribution in [0.4, 0.5) is 8.78 Å². The Bertz CT molecular complexity index is 212. The first-order valence-corrected chi connectivity index (χ1v) is 7.02.